The van der Waals surface area contributed by atoms with Gasteiger partial charge in [0.25, 0.3) is 0 Å². The average Bonchev–Trinajstić information content (AvgIpc) is 3.19. The van der Waals surface area contributed by atoms with E-state index >= 15 is 0 Å². The van der Waals surface area contributed by atoms with Gasteiger partial charge in [-0.05, 0) is 35.4 Å². The van der Waals surface area contributed by atoms with Crippen LogP contribution in [0.3, 0.4) is 0 Å². The lowest BCUT2D eigenvalue weighted by atomic mass is 9.89. The van der Waals surface area contributed by atoms with E-state index in [9.17, 15) is 13.2 Å². The zero-order valence-electron chi connectivity index (χ0n) is 15.4. The van der Waals surface area contributed by atoms with Gasteiger partial charge in [-0.2, -0.15) is 13.2 Å². The Balaban J connectivity index is 1.58. The van der Waals surface area contributed by atoms with Crippen molar-refractivity contribution in [1.82, 2.24) is 0 Å². The van der Waals surface area contributed by atoms with Crippen molar-refractivity contribution in [2.75, 3.05) is 5.75 Å². The summed E-state index contributed by atoms with van der Waals surface area (Å²) in [4.78, 5) is 7.08. The number of rotatable bonds is 5. The molecule has 1 aliphatic heterocycles. The molecule has 3 aromatic rings. The quantitative estimate of drug-likeness (QED) is 0.444. The number of benzene rings is 3. The first-order chi connectivity index (χ1) is 14.0. The molecule has 0 saturated heterocycles. The van der Waals surface area contributed by atoms with E-state index in [4.69, 9.17) is 4.84 Å². The van der Waals surface area contributed by atoms with Crippen molar-refractivity contribution >= 4 is 17.5 Å². The Bertz CT molecular complexity index is 988. The normalized spacial score (nSPS) is 18.9. The van der Waals surface area contributed by atoms with E-state index in [1.807, 2.05) is 60.7 Å². The number of halogens is 3. The zero-order chi connectivity index (χ0) is 20.3. The first kappa shape index (κ1) is 19.6. The van der Waals surface area contributed by atoms with Crippen LogP contribution in [0.1, 0.15) is 23.1 Å². The maximum absolute atomic E-state index is 12.8. The maximum atomic E-state index is 12.8. The predicted octanol–water partition coefficient (Wildman–Crippen LogP) is 6.52. The van der Waals surface area contributed by atoms with Crippen molar-refractivity contribution in [2.45, 2.75) is 23.1 Å². The number of oxime groups is 1. The highest BCUT2D eigenvalue weighted by Gasteiger charge is 2.41. The van der Waals surface area contributed by atoms with Crippen molar-refractivity contribution in [3.05, 3.63) is 102 Å². The third-order valence-corrected chi connectivity index (χ3v) is 6.06. The Morgan fingerprint density at radius 2 is 1.48 bits per heavy atom. The van der Waals surface area contributed by atoms with Gasteiger partial charge in [-0.1, -0.05) is 65.8 Å². The fraction of sp³-hybridized carbons (Fsp3) is 0.174. The first-order valence-electron chi connectivity index (χ1n) is 9.12. The van der Waals surface area contributed by atoms with Gasteiger partial charge in [-0.3, -0.25) is 0 Å². The summed E-state index contributed by atoms with van der Waals surface area (Å²) in [5.41, 5.74) is 0.945. The van der Waals surface area contributed by atoms with Crippen molar-refractivity contribution in [3.8, 4) is 0 Å². The minimum absolute atomic E-state index is 0.488. The van der Waals surface area contributed by atoms with Gasteiger partial charge in [0.1, 0.15) is 0 Å². The number of nitrogens with zero attached hydrogens (tertiary/aromatic N) is 1. The van der Waals surface area contributed by atoms with E-state index in [1.54, 1.807) is 11.8 Å². The van der Waals surface area contributed by atoms with Crippen LogP contribution in [0.2, 0.25) is 0 Å². The summed E-state index contributed by atoms with van der Waals surface area (Å²) in [5.74, 6) is 0.634. The maximum Gasteiger partial charge on any atom is 0.416 e. The van der Waals surface area contributed by atoms with E-state index in [2.05, 4.69) is 5.16 Å². The fourth-order valence-electron chi connectivity index (χ4n) is 3.26. The molecule has 3 aromatic carbocycles. The van der Waals surface area contributed by atoms with Gasteiger partial charge in [-0.15, -0.1) is 11.8 Å². The first-order valence-corrected chi connectivity index (χ1v) is 10.1. The molecule has 1 atom stereocenters. The predicted molar refractivity (Wildman–Crippen MR) is 109 cm³/mol. The Kier molecular flexibility index (Phi) is 5.37. The lowest BCUT2D eigenvalue weighted by molar-refractivity contribution is -0.137. The number of thioether (sulfide) groups is 1. The molecule has 0 saturated carbocycles. The molecule has 0 unspecified atom stereocenters. The number of hydrogen-bond acceptors (Lipinski definition) is 3. The Labute approximate surface area is 171 Å². The molecule has 0 fully saturated rings. The molecule has 0 spiro atoms. The summed E-state index contributed by atoms with van der Waals surface area (Å²) >= 11 is 1.67. The van der Waals surface area contributed by atoms with Crippen molar-refractivity contribution in [2.24, 2.45) is 5.16 Å². The van der Waals surface area contributed by atoms with E-state index in [-0.39, 0.29) is 0 Å². The molecule has 4 rings (SSSR count). The second kappa shape index (κ2) is 7.95. The van der Waals surface area contributed by atoms with E-state index in [0.717, 1.165) is 22.6 Å². The molecule has 1 aliphatic rings. The second-order valence-electron chi connectivity index (χ2n) is 6.84. The van der Waals surface area contributed by atoms with E-state index in [1.165, 1.54) is 12.1 Å². The van der Waals surface area contributed by atoms with Crippen LogP contribution in [0.5, 0.6) is 0 Å². The zero-order valence-corrected chi connectivity index (χ0v) is 16.2. The molecular weight excluding hydrogens is 395 g/mol. The minimum atomic E-state index is -4.35. The lowest BCUT2D eigenvalue weighted by Gasteiger charge is -2.27. The lowest BCUT2D eigenvalue weighted by Crippen LogP contribution is -2.29. The number of hydrogen-bond donors (Lipinski definition) is 0. The van der Waals surface area contributed by atoms with Gasteiger partial charge < -0.3 is 4.84 Å². The van der Waals surface area contributed by atoms with Crippen LogP contribution in [0.15, 0.2) is 95.0 Å². The SMILES string of the molecule is FC(F)(F)c1ccc(C2=NO[C@](CSc3ccccc3)(c3ccccc3)C2)cc1. The molecule has 0 N–H and O–H groups in total. The molecule has 29 heavy (non-hydrogen) atoms. The third kappa shape index (κ3) is 4.32. The Hall–Kier alpha value is -2.73. The van der Waals surface area contributed by atoms with Gasteiger partial charge >= 0.3 is 6.18 Å². The minimum Gasteiger partial charge on any atom is -0.383 e. The van der Waals surface area contributed by atoms with E-state index in [0.29, 0.717) is 23.4 Å². The highest BCUT2D eigenvalue weighted by molar-refractivity contribution is 7.99. The molecule has 0 radical (unpaired) electrons. The Morgan fingerprint density at radius 3 is 2.10 bits per heavy atom. The summed E-state index contributed by atoms with van der Waals surface area (Å²) < 4.78 is 38.5. The molecule has 1 heterocycles. The van der Waals surface area contributed by atoms with Crippen LogP contribution in [0.25, 0.3) is 0 Å². The van der Waals surface area contributed by atoms with Crippen LogP contribution in [-0.2, 0) is 16.6 Å². The molecule has 6 heteroatoms. The number of alkyl halides is 3. The fourth-order valence-corrected chi connectivity index (χ4v) is 4.33. The Morgan fingerprint density at radius 1 is 0.862 bits per heavy atom. The molecule has 148 valence electrons. The van der Waals surface area contributed by atoms with Crippen molar-refractivity contribution < 1.29 is 18.0 Å². The second-order valence-corrected chi connectivity index (χ2v) is 7.89. The van der Waals surface area contributed by atoms with E-state index < -0.39 is 17.3 Å². The summed E-state index contributed by atoms with van der Waals surface area (Å²) in [6.45, 7) is 0. The standard InChI is InChI=1S/C23H18F3NOS/c24-23(25,26)19-13-11-17(12-14-19)21-15-22(28-27-21,18-7-3-1-4-8-18)16-29-20-9-5-2-6-10-20/h1-14H,15-16H2/t22-/m1/s1. The highest BCUT2D eigenvalue weighted by atomic mass is 32.2. The largest absolute Gasteiger partial charge is 0.416 e. The third-order valence-electron chi connectivity index (χ3n) is 4.84. The molecule has 0 aliphatic carbocycles. The smallest absolute Gasteiger partial charge is 0.383 e. The van der Waals surface area contributed by atoms with Gasteiger partial charge in [0.15, 0.2) is 5.60 Å². The highest BCUT2D eigenvalue weighted by Crippen LogP contribution is 2.41. The van der Waals surface area contributed by atoms with Crippen LogP contribution in [0, 0.1) is 0 Å². The van der Waals surface area contributed by atoms with Crippen molar-refractivity contribution in [1.29, 1.82) is 0 Å². The molecule has 0 amide bonds. The van der Waals surface area contributed by atoms with Crippen LogP contribution in [0.4, 0.5) is 13.2 Å². The van der Waals surface area contributed by atoms with Crippen LogP contribution in [-0.4, -0.2) is 11.5 Å². The van der Waals surface area contributed by atoms with Crippen LogP contribution >= 0.6 is 11.8 Å². The van der Waals surface area contributed by atoms with Gasteiger partial charge in [0, 0.05) is 17.1 Å². The summed E-state index contributed by atoms with van der Waals surface area (Å²) in [5, 5.41) is 4.26. The summed E-state index contributed by atoms with van der Waals surface area (Å²) in [6, 6.07) is 24.9. The van der Waals surface area contributed by atoms with Gasteiger partial charge in [-0.25, -0.2) is 0 Å². The molecule has 0 bridgehead atoms. The topological polar surface area (TPSA) is 21.6 Å². The summed E-state index contributed by atoms with van der Waals surface area (Å²) in [7, 11) is 0. The molecular formula is C23H18F3NOS. The van der Waals surface area contributed by atoms with Gasteiger partial charge in [0.05, 0.1) is 11.3 Å². The molecule has 0 aromatic heterocycles. The molecule has 2 nitrogen and oxygen atoms in total. The van der Waals surface area contributed by atoms with Gasteiger partial charge in [0.2, 0.25) is 0 Å². The average molecular weight is 413 g/mol. The van der Waals surface area contributed by atoms with Crippen molar-refractivity contribution in [3.63, 3.8) is 0 Å². The monoisotopic (exact) mass is 413 g/mol. The van der Waals surface area contributed by atoms with Crippen LogP contribution < -0.4 is 0 Å². The summed E-state index contributed by atoms with van der Waals surface area (Å²) in [6.07, 6.45) is -3.87.